The zero-order valence-electron chi connectivity index (χ0n) is 11.2. The monoisotopic (exact) mass is 368 g/mol. The fourth-order valence-electron chi connectivity index (χ4n) is 1.59. The molecule has 0 amide bonds. The van der Waals surface area contributed by atoms with E-state index >= 15 is 0 Å². The lowest BCUT2D eigenvalue weighted by Crippen LogP contribution is -2.03. The molecule has 0 bridgehead atoms. The van der Waals surface area contributed by atoms with Crippen LogP contribution in [0.2, 0.25) is 0 Å². The van der Waals surface area contributed by atoms with Gasteiger partial charge in [-0.2, -0.15) is 0 Å². The van der Waals surface area contributed by atoms with Crippen LogP contribution in [0.3, 0.4) is 0 Å². The lowest BCUT2D eigenvalue weighted by molar-refractivity contribution is -0.387. The van der Waals surface area contributed by atoms with Gasteiger partial charge in [-0.1, -0.05) is 30.8 Å². The van der Waals surface area contributed by atoms with Crippen LogP contribution in [0.4, 0.5) is 11.5 Å². The summed E-state index contributed by atoms with van der Waals surface area (Å²) in [5.41, 5.74) is 0.0658. The maximum Gasteiger partial charge on any atom is 0.283 e. The molecule has 0 aliphatic carbocycles. The average Bonchev–Trinajstić information content (AvgIpc) is 2.48. The second-order valence-corrected chi connectivity index (χ2v) is 5.92. The number of hydrogen-bond acceptors (Lipinski definition) is 6. The van der Waals surface area contributed by atoms with Crippen LogP contribution in [-0.2, 0) is 0 Å². The SMILES string of the molecule is CCCNc1ncnc(Sc2ccccc2[N+](=O)[O-])c1Br. The summed E-state index contributed by atoms with van der Waals surface area (Å²) in [6.07, 6.45) is 2.42. The van der Waals surface area contributed by atoms with E-state index in [9.17, 15) is 10.1 Å². The summed E-state index contributed by atoms with van der Waals surface area (Å²) in [7, 11) is 0. The molecule has 1 heterocycles. The highest BCUT2D eigenvalue weighted by atomic mass is 79.9. The third-order valence-corrected chi connectivity index (χ3v) is 4.65. The standard InChI is InChI=1S/C13H13BrN4O2S/c1-2-7-15-12-11(14)13(17-8-16-12)21-10-6-4-3-5-9(10)18(19)20/h3-6,8H,2,7H2,1H3,(H,15,16,17). The summed E-state index contributed by atoms with van der Waals surface area (Å²) < 4.78 is 0.710. The third-order valence-electron chi connectivity index (χ3n) is 2.57. The molecule has 0 aliphatic rings. The number of nitro benzene ring substituents is 1. The predicted octanol–water partition coefficient (Wildman–Crippen LogP) is 4.12. The van der Waals surface area contributed by atoms with Crippen molar-refractivity contribution in [1.29, 1.82) is 0 Å². The van der Waals surface area contributed by atoms with Gasteiger partial charge in [0, 0.05) is 12.6 Å². The van der Waals surface area contributed by atoms with Crippen LogP contribution in [0.1, 0.15) is 13.3 Å². The van der Waals surface area contributed by atoms with E-state index in [1.54, 1.807) is 18.2 Å². The molecule has 0 atom stereocenters. The summed E-state index contributed by atoms with van der Waals surface area (Å²) >= 11 is 4.69. The summed E-state index contributed by atoms with van der Waals surface area (Å²) in [5, 5.41) is 14.9. The minimum Gasteiger partial charge on any atom is -0.369 e. The Balaban J connectivity index is 2.30. The fraction of sp³-hybridized carbons (Fsp3) is 0.231. The van der Waals surface area contributed by atoms with Crippen molar-refractivity contribution in [2.75, 3.05) is 11.9 Å². The molecule has 0 fully saturated rings. The zero-order chi connectivity index (χ0) is 15.2. The maximum atomic E-state index is 11.0. The number of aromatic nitrogens is 2. The van der Waals surface area contributed by atoms with E-state index in [0.717, 1.165) is 13.0 Å². The number of benzene rings is 1. The average molecular weight is 369 g/mol. The number of rotatable bonds is 6. The zero-order valence-corrected chi connectivity index (χ0v) is 13.6. The van der Waals surface area contributed by atoms with E-state index in [1.807, 2.05) is 0 Å². The molecular formula is C13H13BrN4O2S. The number of nitro groups is 1. The topological polar surface area (TPSA) is 81.0 Å². The van der Waals surface area contributed by atoms with Gasteiger partial charge >= 0.3 is 0 Å². The Morgan fingerprint density at radius 1 is 1.38 bits per heavy atom. The van der Waals surface area contributed by atoms with Gasteiger partial charge in [-0.25, -0.2) is 9.97 Å². The van der Waals surface area contributed by atoms with Crippen molar-refractivity contribution in [2.24, 2.45) is 0 Å². The van der Waals surface area contributed by atoms with E-state index in [0.29, 0.717) is 20.2 Å². The summed E-state index contributed by atoms with van der Waals surface area (Å²) in [6, 6.07) is 6.59. The maximum absolute atomic E-state index is 11.0. The van der Waals surface area contributed by atoms with Gasteiger partial charge in [0.15, 0.2) is 0 Å². The van der Waals surface area contributed by atoms with Crippen molar-refractivity contribution in [3.63, 3.8) is 0 Å². The molecule has 0 unspecified atom stereocenters. The first-order valence-electron chi connectivity index (χ1n) is 6.29. The van der Waals surface area contributed by atoms with Crippen LogP contribution in [-0.4, -0.2) is 21.4 Å². The number of para-hydroxylation sites is 1. The lowest BCUT2D eigenvalue weighted by Gasteiger charge is -2.09. The molecule has 0 saturated carbocycles. The van der Waals surface area contributed by atoms with Crippen LogP contribution in [0.15, 0.2) is 45.0 Å². The van der Waals surface area contributed by atoms with E-state index in [2.05, 4.69) is 38.1 Å². The van der Waals surface area contributed by atoms with E-state index in [4.69, 9.17) is 0 Å². The van der Waals surface area contributed by atoms with Crippen molar-refractivity contribution >= 4 is 39.2 Å². The molecule has 0 aliphatic heterocycles. The molecule has 0 spiro atoms. The third kappa shape index (κ3) is 3.92. The first-order chi connectivity index (χ1) is 10.1. The highest BCUT2D eigenvalue weighted by molar-refractivity contribution is 9.10. The van der Waals surface area contributed by atoms with Gasteiger partial charge in [0.2, 0.25) is 0 Å². The normalized spacial score (nSPS) is 10.4. The largest absolute Gasteiger partial charge is 0.369 e. The summed E-state index contributed by atoms with van der Waals surface area (Å²) in [5.74, 6) is 0.688. The molecular weight excluding hydrogens is 356 g/mol. The first-order valence-corrected chi connectivity index (χ1v) is 7.90. The van der Waals surface area contributed by atoms with E-state index in [1.165, 1.54) is 24.2 Å². The molecule has 6 nitrogen and oxygen atoms in total. The van der Waals surface area contributed by atoms with E-state index in [-0.39, 0.29) is 5.69 Å². The Morgan fingerprint density at radius 3 is 2.86 bits per heavy atom. The Labute approximate surface area is 134 Å². The first kappa shape index (κ1) is 15.7. The van der Waals surface area contributed by atoms with Crippen LogP contribution in [0.25, 0.3) is 0 Å². The minimum atomic E-state index is -0.395. The molecule has 21 heavy (non-hydrogen) atoms. The van der Waals surface area contributed by atoms with Crippen molar-refractivity contribution in [3.05, 3.63) is 45.2 Å². The van der Waals surface area contributed by atoms with Crippen LogP contribution < -0.4 is 5.32 Å². The summed E-state index contributed by atoms with van der Waals surface area (Å²) in [4.78, 5) is 19.5. The van der Waals surface area contributed by atoms with Gasteiger partial charge in [-0.15, -0.1) is 0 Å². The van der Waals surface area contributed by atoms with Gasteiger partial charge < -0.3 is 5.32 Å². The van der Waals surface area contributed by atoms with Gasteiger partial charge in [0.25, 0.3) is 5.69 Å². The highest BCUT2D eigenvalue weighted by Crippen LogP contribution is 2.38. The molecule has 1 aromatic carbocycles. The predicted molar refractivity (Wildman–Crippen MR) is 85.7 cm³/mol. The van der Waals surface area contributed by atoms with Crippen LogP contribution in [0, 0.1) is 10.1 Å². The Kier molecular flexibility index (Phi) is 5.51. The molecule has 0 radical (unpaired) electrons. The smallest absolute Gasteiger partial charge is 0.283 e. The quantitative estimate of drug-likeness (QED) is 0.469. The molecule has 2 rings (SSSR count). The molecule has 110 valence electrons. The Hall–Kier alpha value is -1.67. The number of hydrogen-bond donors (Lipinski definition) is 1. The van der Waals surface area contributed by atoms with Crippen LogP contribution >= 0.6 is 27.7 Å². The highest BCUT2D eigenvalue weighted by Gasteiger charge is 2.17. The number of nitrogens with one attached hydrogen (secondary N) is 1. The van der Waals surface area contributed by atoms with Crippen molar-refractivity contribution < 1.29 is 4.92 Å². The number of halogens is 1. The molecule has 1 N–H and O–H groups in total. The molecule has 8 heteroatoms. The Morgan fingerprint density at radius 2 is 2.14 bits per heavy atom. The Bertz CT molecular complexity index is 654. The van der Waals surface area contributed by atoms with E-state index < -0.39 is 4.92 Å². The van der Waals surface area contributed by atoms with Gasteiger partial charge in [0.05, 0.1) is 14.3 Å². The van der Waals surface area contributed by atoms with Crippen molar-refractivity contribution in [3.8, 4) is 0 Å². The van der Waals surface area contributed by atoms with Gasteiger partial charge in [-0.3, -0.25) is 10.1 Å². The van der Waals surface area contributed by atoms with Crippen molar-refractivity contribution in [2.45, 2.75) is 23.3 Å². The fourth-order valence-corrected chi connectivity index (χ4v) is 3.07. The summed E-state index contributed by atoms with van der Waals surface area (Å²) in [6.45, 7) is 2.86. The van der Waals surface area contributed by atoms with Crippen LogP contribution in [0.5, 0.6) is 0 Å². The van der Waals surface area contributed by atoms with Crippen molar-refractivity contribution in [1.82, 2.24) is 9.97 Å². The molecule has 2 aromatic rings. The minimum absolute atomic E-state index is 0.0658. The molecule has 0 saturated heterocycles. The lowest BCUT2D eigenvalue weighted by atomic mass is 10.3. The number of nitrogens with zero attached hydrogens (tertiary/aromatic N) is 3. The van der Waals surface area contributed by atoms with Gasteiger partial charge in [0.1, 0.15) is 17.2 Å². The second-order valence-electron chi connectivity index (χ2n) is 4.10. The molecule has 1 aromatic heterocycles. The second kappa shape index (κ2) is 7.37. The number of anilines is 1. The van der Waals surface area contributed by atoms with Gasteiger partial charge in [-0.05, 0) is 28.4 Å².